The Kier molecular flexibility index (Phi) is 4.30. The maximum atomic E-state index is 13.5. The Hall–Kier alpha value is -1.59. The standard InChI is InChI=1S/C14H12ClFO3S/c1-20(17,18)12-5-2-10(3-6-12)9-19-14-7-4-11(15)8-13(14)16/h2-8H,9H2,1H3. The van der Waals surface area contributed by atoms with E-state index in [4.69, 9.17) is 16.3 Å². The molecule has 0 fully saturated rings. The lowest BCUT2D eigenvalue weighted by Gasteiger charge is -2.08. The van der Waals surface area contributed by atoms with Crippen LogP contribution >= 0.6 is 11.6 Å². The van der Waals surface area contributed by atoms with E-state index in [0.717, 1.165) is 11.8 Å². The Morgan fingerprint density at radius 3 is 2.35 bits per heavy atom. The molecule has 0 spiro atoms. The van der Waals surface area contributed by atoms with E-state index in [9.17, 15) is 12.8 Å². The van der Waals surface area contributed by atoms with Crippen LogP contribution in [0.1, 0.15) is 5.56 Å². The van der Waals surface area contributed by atoms with E-state index >= 15 is 0 Å². The average Bonchev–Trinajstić information content (AvgIpc) is 2.37. The maximum Gasteiger partial charge on any atom is 0.175 e. The highest BCUT2D eigenvalue weighted by Crippen LogP contribution is 2.22. The van der Waals surface area contributed by atoms with Gasteiger partial charge in [-0.25, -0.2) is 12.8 Å². The predicted molar refractivity (Wildman–Crippen MR) is 75.3 cm³/mol. The van der Waals surface area contributed by atoms with Crippen molar-refractivity contribution in [2.75, 3.05) is 6.26 Å². The molecule has 0 unspecified atom stereocenters. The lowest BCUT2D eigenvalue weighted by atomic mass is 10.2. The largest absolute Gasteiger partial charge is 0.486 e. The molecule has 2 rings (SSSR count). The van der Waals surface area contributed by atoms with E-state index in [1.165, 1.54) is 30.3 Å². The normalized spacial score (nSPS) is 11.3. The summed E-state index contributed by atoms with van der Waals surface area (Å²) in [5, 5.41) is 0.298. The van der Waals surface area contributed by atoms with E-state index in [2.05, 4.69) is 0 Å². The molecule has 0 saturated carbocycles. The summed E-state index contributed by atoms with van der Waals surface area (Å²) in [4.78, 5) is 0.235. The summed E-state index contributed by atoms with van der Waals surface area (Å²) in [7, 11) is -3.21. The van der Waals surface area contributed by atoms with E-state index in [0.29, 0.717) is 5.02 Å². The van der Waals surface area contributed by atoms with Crippen LogP contribution in [0.25, 0.3) is 0 Å². The minimum atomic E-state index is -3.21. The van der Waals surface area contributed by atoms with Gasteiger partial charge >= 0.3 is 0 Å². The first-order valence-electron chi connectivity index (χ1n) is 5.73. The van der Waals surface area contributed by atoms with Gasteiger partial charge in [0.15, 0.2) is 21.4 Å². The zero-order valence-electron chi connectivity index (χ0n) is 10.6. The topological polar surface area (TPSA) is 43.4 Å². The molecule has 0 aliphatic heterocycles. The third-order valence-electron chi connectivity index (χ3n) is 2.64. The van der Waals surface area contributed by atoms with Crippen molar-refractivity contribution >= 4 is 21.4 Å². The van der Waals surface area contributed by atoms with Crippen molar-refractivity contribution in [3.8, 4) is 5.75 Å². The molecule has 6 heteroatoms. The second kappa shape index (κ2) is 5.81. The molecule has 0 aromatic heterocycles. The van der Waals surface area contributed by atoms with Gasteiger partial charge < -0.3 is 4.74 Å². The van der Waals surface area contributed by atoms with Crippen LogP contribution in [-0.4, -0.2) is 14.7 Å². The van der Waals surface area contributed by atoms with Gasteiger partial charge in [-0.05, 0) is 35.9 Å². The number of hydrogen-bond acceptors (Lipinski definition) is 3. The lowest BCUT2D eigenvalue weighted by molar-refractivity contribution is 0.290. The van der Waals surface area contributed by atoms with Crippen molar-refractivity contribution in [1.82, 2.24) is 0 Å². The summed E-state index contributed by atoms with van der Waals surface area (Å²) in [6.45, 7) is 0.141. The van der Waals surface area contributed by atoms with Crippen LogP contribution < -0.4 is 4.74 Å². The minimum absolute atomic E-state index is 0.0987. The molecule has 0 bridgehead atoms. The Morgan fingerprint density at radius 2 is 1.80 bits per heavy atom. The summed E-state index contributed by atoms with van der Waals surface area (Å²) in [6.07, 6.45) is 1.14. The first-order chi connectivity index (χ1) is 9.36. The molecule has 2 aromatic carbocycles. The maximum absolute atomic E-state index is 13.5. The van der Waals surface area contributed by atoms with E-state index in [1.807, 2.05) is 0 Å². The fraction of sp³-hybridized carbons (Fsp3) is 0.143. The fourth-order valence-electron chi connectivity index (χ4n) is 1.59. The zero-order valence-corrected chi connectivity index (χ0v) is 12.2. The van der Waals surface area contributed by atoms with Crippen LogP contribution in [0.2, 0.25) is 5.02 Å². The van der Waals surface area contributed by atoms with Crippen LogP contribution in [-0.2, 0) is 16.4 Å². The molecule has 0 amide bonds. The second-order valence-corrected chi connectivity index (χ2v) is 6.73. The molecule has 2 aromatic rings. The van der Waals surface area contributed by atoms with Gasteiger partial charge in [0.1, 0.15) is 6.61 Å². The number of sulfone groups is 1. The molecule has 0 radical (unpaired) electrons. The minimum Gasteiger partial charge on any atom is -0.486 e. The highest BCUT2D eigenvalue weighted by molar-refractivity contribution is 7.90. The first kappa shape index (κ1) is 14.8. The van der Waals surface area contributed by atoms with Crippen LogP contribution in [0.5, 0.6) is 5.75 Å². The Balaban J connectivity index is 2.08. The summed E-state index contributed by atoms with van der Waals surface area (Å²) in [5.41, 5.74) is 0.742. The van der Waals surface area contributed by atoms with Gasteiger partial charge in [0, 0.05) is 11.3 Å². The molecular formula is C14H12ClFO3S. The van der Waals surface area contributed by atoms with Gasteiger partial charge in [-0.2, -0.15) is 0 Å². The number of hydrogen-bond donors (Lipinski definition) is 0. The van der Waals surface area contributed by atoms with E-state index < -0.39 is 15.7 Å². The van der Waals surface area contributed by atoms with Crippen molar-refractivity contribution in [2.45, 2.75) is 11.5 Å². The van der Waals surface area contributed by atoms with Crippen molar-refractivity contribution < 1.29 is 17.5 Å². The molecule has 0 aliphatic carbocycles. The predicted octanol–water partition coefficient (Wildman–Crippen LogP) is 3.46. The molecule has 3 nitrogen and oxygen atoms in total. The lowest BCUT2D eigenvalue weighted by Crippen LogP contribution is -2.00. The first-order valence-corrected chi connectivity index (χ1v) is 8.00. The van der Waals surface area contributed by atoms with Crippen LogP contribution in [0.4, 0.5) is 4.39 Å². The van der Waals surface area contributed by atoms with Crippen molar-refractivity contribution in [1.29, 1.82) is 0 Å². The highest BCUT2D eigenvalue weighted by Gasteiger charge is 2.07. The summed E-state index contributed by atoms with van der Waals surface area (Å²) < 4.78 is 41.4. The smallest absolute Gasteiger partial charge is 0.175 e. The highest BCUT2D eigenvalue weighted by atomic mass is 35.5. The summed E-state index contributed by atoms with van der Waals surface area (Å²) in [5.74, 6) is -0.438. The number of rotatable bonds is 4. The quantitative estimate of drug-likeness (QED) is 0.868. The van der Waals surface area contributed by atoms with Gasteiger partial charge in [-0.3, -0.25) is 0 Å². The van der Waals surface area contributed by atoms with Crippen LogP contribution in [0.15, 0.2) is 47.4 Å². The zero-order chi connectivity index (χ0) is 14.8. The number of benzene rings is 2. The van der Waals surface area contributed by atoms with Gasteiger partial charge in [0.25, 0.3) is 0 Å². The van der Waals surface area contributed by atoms with Gasteiger partial charge in [0.05, 0.1) is 4.90 Å². The third kappa shape index (κ3) is 3.71. The molecule has 106 valence electrons. The van der Waals surface area contributed by atoms with Crippen LogP contribution in [0, 0.1) is 5.82 Å². The summed E-state index contributed by atoms with van der Waals surface area (Å²) >= 11 is 5.64. The Bertz CT molecular complexity index is 712. The van der Waals surface area contributed by atoms with Gasteiger partial charge in [0.2, 0.25) is 0 Å². The van der Waals surface area contributed by atoms with E-state index in [-0.39, 0.29) is 17.3 Å². The molecule has 0 saturated heterocycles. The fourth-order valence-corrected chi connectivity index (χ4v) is 2.38. The van der Waals surface area contributed by atoms with Crippen molar-refractivity contribution in [3.63, 3.8) is 0 Å². The average molecular weight is 315 g/mol. The molecule has 0 aliphatic rings. The molecular weight excluding hydrogens is 303 g/mol. The molecule has 0 heterocycles. The van der Waals surface area contributed by atoms with Gasteiger partial charge in [-0.15, -0.1) is 0 Å². The van der Waals surface area contributed by atoms with Crippen molar-refractivity contribution in [2.24, 2.45) is 0 Å². The van der Waals surface area contributed by atoms with Crippen LogP contribution in [0.3, 0.4) is 0 Å². The monoisotopic (exact) mass is 314 g/mol. The Morgan fingerprint density at radius 1 is 1.15 bits per heavy atom. The number of halogens is 2. The molecule has 0 N–H and O–H groups in total. The van der Waals surface area contributed by atoms with Crippen molar-refractivity contribution in [3.05, 3.63) is 58.9 Å². The third-order valence-corrected chi connectivity index (χ3v) is 4.00. The molecule has 0 atom stereocenters. The van der Waals surface area contributed by atoms with Gasteiger partial charge in [-0.1, -0.05) is 23.7 Å². The molecule has 20 heavy (non-hydrogen) atoms. The SMILES string of the molecule is CS(=O)(=O)c1ccc(COc2ccc(Cl)cc2F)cc1. The van der Waals surface area contributed by atoms with E-state index in [1.54, 1.807) is 12.1 Å². The summed E-state index contributed by atoms with van der Waals surface area (Å²) in [6, 6.07) is 10.4. The second-order valence-electron chi connectivity index (χ2n) is 4.28. The number of ether oxygens (including phenoxy) is 1. The Labute approximate surface area is 121 Å².